The third-order valence-corrected chi connectivity index (χ3v) is 26.4. The van der Waals surface area contributed by atoms with Gasteiger partial charge in [0.2, 0.25) is 19.0 Å². The molecule has 32 unspecified atom stereocenters. The minimum atomic E-state index is -1.93. The van der Waals surface area contributed by atoms with Gasteiger partial charge in [0.25, 0.3) is 0 Å². The number of benzene rings is 1. The normalized spacial score (nSPS) is 47.6. The molecule has 7 heterocycles. The number of nitrogens with zero attached hydrogens (tertiary/aromatic N) is 1. The van der Waals surface area contributed by atoms with Crippen LogP contribution in [-0.2, 0) is 57.0 Å². The Hall–Kier alpha value is -3.94. The lowest BCUT2D eigenvalue weighted by Gasteiger charge is -2.71. The minimum Gasteiger partial charge on any atom is -0.454 e. The fourth-order valence-corrected chi connectivity index (χ4v) is 20.0. The molecular formula is C75H113NO28. The van der Waals surface area contributed by atoms with Gasteiger partial charge in [-0.1, -0.05) is 84.4 Å². The van der Waals surface area contributed by atoms with Gasteiger partial charge >= 0.3 is 5.97 Å². The topological polar surface area (TPSA) is 431 Å². The average Bonchev–Trinajstić information content (AvgIpc) is 0.684. The third-order valence-electron chi connectivity index (χ3n) is 26.4. The van der Waals surface area contributed by atoms with E-state index in [0.717, 1.165) is 67.8 Å². The van der Waals surface area contributed by atoms with Crippen molar-refractivity contribution < 1.29 is 138 Å². The van der Waals surface area contributed by atoms with Crippen LogP contribution in [0.5, 0.6) is 11.5 Å². The van der Waals surface area contributed by atoms with Crippen molar-refractivity contribution in [3.05, 3.63) is 53.6 Å². The summed E-state index contributed by atoms with van der Waals surface area (Å²) in [5.74, 6) is 0.649. The largest absolute Gasteiger partial charge is 0.454 e. The van der Waals surface area contributed by atoms with Gasteiger partial charge in [0.15, 0.2) is 42.8 Å². The summed E-state index contributed by atoms with van der Waals surface area (Å²) in [6, 6.07) is 5.79. The maximum Gasteiger partial charge on any atom is 0.317 e. The summed E-state index contributed by atoms with van der Waals surface area (Å²) >= 11 is 0. The van der Waals surface area contributed by atoms with E-state index in [9.17, 15) is 76.3 Å². The van der Waals surface area contributed by atoms with E-state index in [2.05, 4.69) is 54.5 Å². The number of aliphatic hydroxyl groups is 14. The Morgan fingerprint density at radius 3 is 1.86 bits per heavy atom. The molecule has 104 heavy (non-hydrogen) atoms. The number of ether oxygens (including phenoxy) is 12. The number of carbonyl (C=O) groups is 2. The van der Waals surface area contributed by atoms with Crippen molar-refractivity contribution in [1.82, 2.24) is 4.90 Å². The molecule has 14 N–H and O–H groups in total. The molecule has 29 nitrogen and oxygen atoms in total. The Morgan fingerprint density at radius 2 is 1.18 bits per heavy atom. The Morgan fingerprint density at radius 1 is 0.587 bits per heavy atom. The Balaban J connectivity index is 0.000000412. The second-order valence-electron chi connectivity index (χ2n) is 33.5. The summed E-state index contributed by atoms with van der Waals surface area (Å²) in [5.41, 5.74) is -1.25. The van der Waals surface area contributed by atoms with Crippen molar-refractivity contribution >= 4 is 18.0 Å². The molecule has 29 heteroatoms. The minimum absolute atomic E-state index is 0.102. The number of hydrogen-bond donors (Lipinski definition) is 14. The van der Waals surface area contributed by atoms with Crippen molar-refractivity contribution in [2.45, 2.75) is 293 Å². The highest BCUT2D eigenvalue weighted by Crippen LogP contribution is 2.76. The molecule has 1 aromatic carbocycles. The van der Waals surface area contributed by atoms with E-state index in [4.69, 9.17) is 56.8 Å². The molecule has 5 aliphatic carbocycles. The summed E-state index contributed by atoms with van der Waals surface area (Å²) in [6.07, 6.45) is -18.5. The van der Waals surface area contributed by atoms with Crippen LogP contribution in [-0.4, -0.2) is 282 Å². The first-order valence-electron chi connectivity index (χ1n) is 37.3. The average molecular weight is 1480 g/mol. The maximum absolute atomic E-state index is 15.4. The SMILES string of the molecule is CC1OC(OC2CCC3(C)C(CCC4(C)C3CC=C3C5CC(C)(C)CCC5(C(=O)OC5OCC(O)C(O)C5OC5OC(C)C(OC6OC(CO)C(O)C(O)C6O)C(O)C5O)C(O)CC34C)C2(C)C)C(O)C(O)C1OC1OCC(O)C(O)C1O.O=C(C=CC=Cc1ccc2c(c1)OCO2)N1CCCCC1. The van der Waals surface area contributed by atoms with E-state index in [1.165, 1.54) is 13.3 Å². The standard InChI is InChI=1S/C58H94O25.C17H19NO3/c1-23-44(80-47-40(69)34(63)27(60)21-74-47)38(67)42(71)48(76-23)79-33-13-14-55(7)30(54(33,5)6)12-15-56(8)31(55)11-10-25-26-18-53(3,4)16-17-58(26,32(62)19-57(25,56)9)52(73)83-51-46(35(64)28(61)22-75-51)82-49-43(72)39(68)45(24(2)77-49)81-50-41(70)37(66)36(65)29(20-59)78-50;19-17(18-10-4-1-5-11-18)7-3-2-6-14-8-9-15-16(12-14)21-13-20-15/h10,23-24,26-51,59-72H,11-22H2,1-9H3;2-3,6-9,12H,1,4-5,10-11,13H2. The van der Waals surface area contributed by atoms with Crippen molar-refractivity contribution in [2.75, 3.05) is 39.7 Å². The van der Waals surface area contributed by atoms with E-state index >= 15 is 4.79 Å². The fraction of sp³-hybridized carbons (Fsp3) is 0.813. The number of amides is 1. The van der Waals surface area contributed by atoms with Crippen LogP contribution in [0.2, 0.25) is 0 Å². The highest BCUT2D eigenvalue weighted by Gasteiger charge is 2.72. The zero-order valence-corrected chi connectivity index (χ0v) is 60.9. The number of piperidine rings is 1. The number of likely N-dealkylation sites (tertiary alicyclic amines) is 1. The molecule has 586 valence electrons. The van der Waals surface area contributed by atoms with Crippen molar-refractivity contribution in [3.63, 3.8) is 0 Å². The van der Waals surface area contributed by atoms with Gasteiger partial charge in [-0.15, -0.1) is 0 Å². The molecule has 0 aromatic heterocycles. The third kappa shape index (κ3) is 14.7. The van der Waals surface area contributed by atoms with E-state index < -0.39 is 195 Å². The predicted octanol–water partition coefficient (Wildman–Crippen LogP) is 1.09. The van der Waals surface area contributed by atoms with Crippen LogP contribution in [0.15, 0.2) is 48.1 Å². The first-order valence-corrected chi connectivity index (χ1v) is 37.3. The quantitative estimate of drug-likeness (QED) is 0.0407. The van der Waals surface area contributed by atoms with Gasteiger partial charge in [-0.3, -0.25) is 9.59 Å². The number of aliphatic hydroxyl groups excluding tert-OH is 14. The van der Waals surface area contributed by atoms with Crippen LogP contribution in [0.4, 0.5) is 0 Å². The van der Waals surface area contributed by atoms with Gasteiger partial charge in [0, 0.05) is 19.2 Å². The van der Waals surface area contributed by atoms with Crippen LogP contribution in [0, 0.1) is 50.2 Å². The van der Waals surface area contributed by atoms with Gasteiger partial charge in [-0.05, 0) is 153 Å². The van der Waals surface area contributed by atoms with Crippen LogP contribution < -0.4 is 9.47 Å². The molecule has 6 saturated heterocycles. The number of carbonyl (C=O) groups excluding carboxylic acids is 2. The zero-order valence-electron chi connectivity index (χ0n) is 60.9. The summed E-state index contributed by atoms with van der Waals surface area (Å²) in [6.45, 7) is 19.2. The van der Waals surface area contributed by atoms with Crippen LogP contribution >= 0.6 is 0 Å². The lowest BCUT2D eigenvalue weighted by molar-refractivity contribution is -0.374. The Kier molecular flexibility index (Phi) is 23.8. The number of esters is 1. The molecule has 0 radical (unpaired) electrons. The summed E-state index contributed by atoms with van der Waals surface area (Å²) in [5, 5.41) is 152. The van der Waals surface area contributed by atoms with Crippen molar-refractivity contribution in [2.24, 2.45) is 50.2 Å². The van der Waals surface area contributed by atoms with Crippen LogP contribution in [0.1, 0.15) is 145 Å². The van der Waals surface area contributed by atoms with Gasteiger partial charge in [-0.25, -0.2) is 0 Å². The molecule has 4 saturated carbocycles. The fourth-order valence-electron chi connectivity index (χ4n) is 20.0. The molecule has 7 aliphatic heterocycles. The maximum atomic E-state index is 15.4. The lowest BCUT2D eigenvalue weighted by atomic mass is 9.33. The summed E-state index contributed by atoms with van der Waals surface area (Å²) < 4.78 is 70.2. The van der Waals surface area contributed by atoms with E-state index in [-0.39, 0.29) is 60.2 Å². The first-order chi connectivity index (χ1) is 49.1. The summed E-state index contributed by atoms with van der Waals surface area (Å²) in [4.78, 5) is 29.2. The van der Waals surface area contributed by atoms with Gasteiger partial charge in [0.1, 0.15) is 97.0 Å². The molecule has 12 aliphatic rings. The van der Waals surface area contributed by atoms with Crippen LogP contribution in [0.3, 0.4) is 0 Å². The lowest BCUT2D eigenvalue weighted by Crippen LogP contribution is -2.68. The van der Waals surface area contributed by atoms with E-state index in [1.54, 1.807) is 19.1 Å². The molecule has 13 rings (SSSR count). The molecule has 1 aromatic rings. The molecule has 10 fully saturated rings. The van der Waals surface area contributed by atoms with E-state index in [0.29, 0.717) is 25.7 Å². The Bertz CT molecular complexity index is 3240. The number of fused-ring (bicyclic) bond motifs is 8. The second kappa shape index (κ2) is 31.1. The predicted molar refractivity (Wildman–Crippen MR) is 363 cm³/mol. The second-order valence-corrected chi connectivity index (χ2v) is 33.5. The molecule has 0 spiro atoms. The first kappa shape index (κ1) is 79.6. The van der Waals surface area contributed by atoms with Gasteiger partial charge < -0.3 is 133 Å². The summed E-state index contributed by atoms with van der Waals surface area (Å²) in [7, 11) is 0. The van der Waals surface area contributed by atoms with Gasteiger partial charge in [0.05, 0.1) is 44.2 Å². The zero-order chi connectivity index (χ0) is 75.1. The van der Waals surface area contributed by atoms with Crippen molar-refractivity contribution in [1.29, 1.82) is 0 Å². The highest BCUT2D eigenvalue weighted by atomic mass is 16.8. The van der Waals surface area contributed by atoms with Gasteiger partial charge in [-0.2, -0.15) is 0 Å². The van der Waals surface area contributed by atoms with E-state index in [1.807, 2.05) is 35.3 Å². The molecular weight excluding hydrogens is 1360 g/mol. The van der Waals surface area contributed by atoms with Crippen LogP contribution in [0.25, 0.3) is 6.08 Å². The van der Waals surface area contributed by atoms with Crippen molar-refractivity contribution in [3.8, 4) is 11.5 Å². The number of hydrogen-bond acceptors (Lipinski definition) is 28. The number of allylic oxidation sites excluding steroid dienone is 4. The highest BCUT2D eigenvalue weighted by molar-refractivity contribution is 5.88. The molecule has 32 atom stereocenters. The smallest absolute Gasteiger partial charge is 0.317 e. The molecule has 1 amide bonds. The molecule has 0 bridgehead atoms. The Labute approximate surface area is 606 Å². The monoisotopic (exact) mass is 1480 g/mol. The number of rotatable bonds is 14.